The molecular weight excluding hydrogens is 266 g/mol. The predicted molar refractivity (Wildman–Crippen MR) is 47.0 cm³/mol. The zero-order valence-electron chi connectivity index (χ0n) is 6.83. The van der Waals surface area contributed by atoms with Gasteiger partial charge in [-0.1, -0.05) is 15.9 Å². The molecule has 0 radical (unpaired) electrons. The molecule has 0 aliphatic rings. The number of alkyl halides is 3. The van der Waals surface area contributed by atoms with Gasteiger partial charge in [-0.15, -0.1) is 0 Å². The van der Waals surface area contributed by atoms with E-state index < -0.39 is 17.6 Å². The minimum Gasteiger partial charge on any atom is -0.326 e. The first-order valence-electron chi connectivity index (χ1n) is 3.61. The van der Waals surface area contributed by atoms with E-state index in [2.05, 4.69) is 15.9 Å². The Labute approximate surface area is 86.0 Å². The van der Waals surface area contributed by atoms with Crippen molar-refractivity contribution in [1.29, 1.82) is 0 Å². The third-order valence-electron chi connectivity index (χ3n) is 1.66. The molecule has 0 aliphatic heterocycles. The first-order valence-corrected chi connectivity index (χ1v) is 4.40. The van der Waals surface area contributed by atoms with Gasteiger partial charge in [0.15, 0.2) is 0 Å². The highest BCUT2D eigenvalue weighted by molar-refractivity contribution is 9.10. The van der Waals surface area contributed by atoms with Gasteiger partial charge in [0.25, 0.3) is 0 Å². The molecule has 0 fully saturated rings. The third kappa shape index (κ3) is 2.24. The molecule has 1 aromatic rings. The Morgan fingerprint density at radius 3 is 2.29 bits per heavy atom. The summed E-state index contributed by atoms with van der Waals surface area (Å²) in [7, 11) is 0. The normalized spacial score (nSPS) is 11.9. The molecule has 14 heavy (non-hydrogen) atoms. The Bertz CT molecular complexity index is 348. The predicted octanol–water partition coefficient (Wildman–Crippen LogP) is 3.07. The molecule has 0 atom stereocenters. The molecule has 0 aromatic heterocycles. The van der Waals surface area contributed by atoms with E-state index in [1.165, 1.54) is 0 Å². The lowest BCUT2D eigenvalue weighted by Gasteiger charge is -2.10. The molecule has 78 valence electrons. The maximum atomic E-state index is 13.0. The molecule has 0 unspecified atom stereocenters. The Hall–Kier alpha value is -0.620. The monoisotopic (exact) mass is 271 g/mol. The number of hydrogen-bond donors (Lipinski definition) is 1. The second-order valence-electron chi connectivity index (χ2n) is 2.63. The van der Waals surface area contributed by atoms with Crippen molar-refractivity contribution in [1.82, 2.24) is 0 Å². The highest BCUT2D eigenvalue weighted by Gasteiger charge is 2.33. The molecule has 0 aliphatic carbocycles. The maximum absolute atomic E-state index is 13.0. The number of halogens is 5. The third-order valence-corrected chi connectivity index (χ3v) is 2.32. The van der Waals surface area contributed by atoms with Crippen molar-refractivity contribution in [3.05, 3.63) is 33.5 Å². The lowest BCUT2D eigenvalue weighted by Crippen LogP contribution is -2.09. The Morgan fingerprint density at radius 2 is 1.86 bits per heavy atom. The highest BCUT2D eigenvalue weighted by atomic mass is 79.9. The van der Waals surface area contributed by atoms with E-state index in [0.29, 0.717) is 6.07 Å². The molecule has 0 saturated heterocycles. The van der Waals surface area contributed by atoms with Crippen LogP contribution in [0.4, 0.5) is 17.6 Å². The fourth-order valence-electron chi connectivity index (χ4n) is 0.962. The minimum atomic E-state index is -4.56. The van der Waals surface area contributed by atoms with Gasteiger partial charge in [0.05, 0.1) is 5.56 Å². The summed E-state index contributed by atoms with van der Waals surface area (Å²) < 4.78 is 49.5. The van der Waals surface area contributed by atoms with E-state index in [-0.39, 0.29) is 16.6 Å². The van der Waals surface area contributed by atoms with Gasteiger partial charge in [-0.3, -0.25) is 0 Å². The van der Waals surface area contributed by atoms with Crippen LogP contribution in [0.2, 0.25) is 0 Å². The first kappa shape index (κ1) is 11.5. The van der Waals surface area contributed by atoms with Crippen LogP contribution in [0.15, 0.2) is 16.6 Å². The number of hydrogen-bond acceptors (Lipinski definition) is 1. The SMILES string of the molecule is NCc1cc(Br)c(C(F)(F)F)cc1F. The van der Waals surface area contributed by atoms with Crippen LogP contribution < -0.4 is 5.73 Å². The second kappa shape index (κ2) is 3.86. The number of benzene rings is 1. The Balaban J connectivity index is 3.29. The van der Waals surface area contributed by atoms with Crippen LogP contribution in [0.1, 0.15) is 11.1 Å². The van der Waals surface area contributed by atoms with Crippen LogP contribution in [0.3, 0.4) is 0 Å². The number of nitrogens with two attached hydrogens (primary N) is 1. The fraction of sp³-hybridized carbons (Fsp3) is 0.250. The summed E-state index contributed by atoms with van der Waals surface area (Å²) in [4.78, 5) is 0. The fourth-order valence-corrected chi connectivity index (χ4v) is 1.58. The zero-order valence-corrected chi connectivity index (χ0v) is 8.41. The van der Waals surface area contributed by atoms with E-state index in [9.17, 15) is 17.6 Å². The van der Waals surface area contributed by atoms with Gasteiger partial charge < -0.3 is 5.73 Å². The van der Waals surface area contributed by atoms with E-state index in [0.717, 1.165) is 6.07 Å². The average Bonchev–Trinajstić information content (AvgIpc) is 2.06. The molecule has 0 spiro atoms. The topological polar surface area (TPSA) is 26.0 Å². The maximum Gasteiger partial charge on any atom is 0.417 e. The van der Waals surface area contributed by atoms with Crippen LogP contribution in [-0.4, -0.2) is 0 Å². The summed E-state index contributed by atoms with van der Waals surface area (Å²) in [5.74, 6) is -0.942. The van der Waals surface area contributed by atoms with Gasteiger partial charge in [-0.2, -0.15) is 13.2 Å². The van der Waals surface area contributed by atoms with Crippen molar-refractivity contribution in [2.45, 2.75) is 12.7 Å². The van der Waals surface area contributed by atoms with Crippen LogP contribution >= 0.6 is 15.9 Å². The standard InChI is InChI=1S/C8H6BrF4N/c9-6-1-4(3-14)7(10)2-5(6)8(11,12)13/h1-2H,3,14H2. The molecule has 0 bridgehead atoms. The van der Waals surface area contributed by atoms with Crippen molar-refractivity contribution >= 4 is 15.9 Å². The van der Waals surface area contributed by atoms with Gasteiger partial charge in [0.2, 0.25) is 0 Å². The number of rotatable bonds is 1. The van der Waals surface area contributed by atoms with Crippen LogP contribution in [-0.2, 0) is 12.7 Å². The lowest BCUT2D eigenvalue weighted by molar-refractivity contribution is -0.138. The molecule has 6 heteroatoms. The molecular formula is C8H6BrF4N. The summed E-state index contributed by atoms with van der Waals surface area (Å²) in [5, 5.41) is 0. The molecule has 1 aromatic carbocycles. The van der Waals surface area contributed by atoms with E-state index in [4.69, 9.17) is 5.73 Å². The lowest BCUT2D eigenvalue weighted by atomic mass is 10.1. The first-order chi connectivity index (χ1) is 6.36. The van der Waals surface area contributed by atoms with Crippen molar-refractivity contribution < 1.29 is 17.6 Å². The molecule has 2 N–H and O–H groups in total. The van der Waals surface area contributed by atoms with E-state index in [1.54, 1.807) is 0 Å². The average molecular weight is 272 g/mol. The molecule has 0 amide bonds. The van der Waals surface area contributed by atoms with E-state index in [1.807, 2.05) is 0 Å². The largest absolute Gasteiger partial charge is 0.417 e. The van der Waals surface area contributed by atoms with Crippen molar-refractivity contribution in [3.8, 4) is 0 Å². The van der Waals surface area contributed by atoms with Crippen LogP contribution in [0.5, 0.6) is 0 Å². The Kier molecular flexibility index (Phi) is 3.16. The summed E-state index contributed by atoms with van der Waals surface area (Å²) in [6, 6.07) is 1.48. The Morgan fingerprint density at radius 1 is 1.29 bits per heavy atom. The van der Waals surface area contributed by atoms with E-state index >= 15 is 0 Å². The van der Waals surface area contributed by atoms with Crippen LogP contribution in [0, 0.1) is 5.82 Å². The molecule has 0 saturated carbocycles. The van der Waals surface area contributed by atoms with Crippen molar-refractivity contribution in [2.24, 2.45) is 5.73 Å². The van der Waals surface area contributed by atoms with Crippen molar-refractivity contribution in [3.63, 3.8) is 0 Å². The summed E-state index contributed by atoms with van der Waals surface area (Å²) in [6.07, 6.45) is -4.56. The molecule has 1 nitrogen and oxygen atoms in total. The van der Waals surface area contributed by atoms with Gasteiger partial charge in [-0.05, 0) is 12.1 Å². The minimum absolute atomic E-state index is 0.0462. The second-order valence-corrected chi connectivity index (χ2v) is 3.48. The van der Waals surface area contributed by atoms with Gasteiger partial charge in [-0.25, -0.2) is 4.39 Å². The highest BCUT2D eigenvalue weighted by Crippen LogP contribution is 2.35. The molecule has 0 heterocycles. The summed E-state index contributed by atoms with van der Waals surface area (Å²) >= 11 is 2.72. The smallest absolute Gasteiger partial charge is 0.326 e. The van der Waals surface area contributed by atoms with Gasteiger partial charge in [0.1, 0.15) is 5.82 Å². The zero-order chi connectivity index (χ0) is 10.9. The molecule has 1 rings (SSSR count). The summed E-state index contributed by atoms with van der Waals surface area (Å²) in [5.41, 5.74) is 4.15. The van der Waals surface area contributed by atoms with Gasteiger partial charge in [0, 0.05) is 16.6 Å². The van der Waals surface area contributed by atoms with Gasteiger partial charge >= 0.3 is 6.18 Å². The van der Waals surface area contributed by atoms with Crippen molar-refractivity contribution in [2.75, 3.05) is 0 Å². The van der Waals surface area contributed by atoms with Crippen LogP contribution in [0.25, 0.3) is 0 Å². The quantitative estimate of drug-likeness (QED) is 0.781. The summed E-state index contributed by atoms with van der Waals surface area (Å²) in [6.45, 7) is -0.136.